The van der Waals surface area contributed by atoms with Gasteiger partial charge in [0.1, 0.15) is 11.5 Å². The summed E-state index contributed by atoms with van der Waals surface area (Å²) in [6.45, 7) is 1.86. The molecule has 9 heteroatoms. The first-order valence-corrected chi connectivity index (χ1v) is 9.87. The van der Waals surface area contributed by atoms with Crippen molar-refractivity contribution in [3.8, 4) is 11.8 Å². The monoisotopic (exact) mass is 449 g/mol. The molecule has 33 heavy (non-hydrogen) atoms. The van der Waals surface area contributed by atoms with Gasteiger partial charge in [0, 0.05) is 23.5 Å². The SMILES string of the molecule is Cc1ccc(C(=O)Nc2cc(CC(F)(F)F)ccn2)cc1C#Cc1cnc2c(N)cccn12. The van der Waals surface area contributed by atoms with Gasteiger partial charge in [-0.05, 0) is 60.4 Å². The highest BCUT2D eigenvalue weighted by Crippen LogP contribution is 2.22. The number of fused-ring (bicyclic) bond motifs is 1. The van der Waals surface area contributed by atoms with Crippen LogP contribution >= 0.6 is 0 Å². The van der Waals surface area contributed by atoms with E-state index in [1.807, 2.05) is 6.92 Å². The Balaban J connectivity index is 1.57. The summed E-state index contributed by atoms with van der Waals surface area (Å²) in [5.74, 6) is 5.63. The minimum atomic E-state index is -4.35. The summed E-state index contributed by atoms with van der Waals surface area (Å²) in [5, 5.41) is 2.54. The number of nitrogen functional groups attached to an aromatic ring is 1. The average Bonchev–Trinajstić information content (AvgIpc) is 3.16. The number of alkyl halides is 3. The molecule has 1 aromatic carbocycles. The minimum Gasteiger partial charge on any atom is -0.396 e. The largest absolute Gasteiger partial charge is 0.396 e. The predicted octanol–water partition coefficient (Wildman–Crippen LogP) is 4.38. The fourth-order valence-corrected chi connectivity index (χ4v) is 3.23. The van der Waals surface area contributed by atoms with Gasteiger partial charge in [-0.15, -0.1) is 0 Å². The van der Waals surface area contributed by atoms with Crippen LogP contribution in [0.4, 0.5) is 24.7 Å². The molecule has 6 nitrogen and oxygen atoms in total. The molecular weight excluding hydrogens is 431 g/mol. The molecule has 3 N–H and O–H groups in total. The topological polar surface area (TPSA) is 85.3 Å². The number of benzene rings is 1. The van der Waals surface area contributed by atoms with Crippen molar-refractivity contribution in [3.05, 3.63) is 89.0 Å². The number of nitrogens with two attached hydrogens (primary N) is 1. The Hall–Kier alpha value is -4.32. The molecule has 0 fully saturated rings. The second-order valence-corrected chi connectivity index (χ2v) is 7.38. The van der Waals surface area contributed by atoms with Crippen LogP contribution in [0.15, 0.2) is 61.1 Å². The first kappa shape index (κ1) is 21.9. The minimum absolute atomic E-state index is 0.0110. The molecule has 0 saturated carbocycles. The smallest absolute Gasteiger partial charge is 0.393 e. The Bertz CT molecular complexity index is 1410. The Kier molecular flexibility index (Phi) is 5.75. The van der Waals surface area contributed by atoms with Crippen LogP contribution in [0.25, 0.3) is 5.65 Å². The zero-order chi connectivity index (χ0) is 23.6. The number of hydrogen-bond acceptors (Lipinski definition) is 4. The van der Waals surface area contributed by atoms with Gasteiger partial charge in [-0.25, -0.2) is 9.97 Å². The number of aryl methyl sites for hydroxylation is 1. The van der Waals surface area contributed by atoms with Crippen molar-refractivity contribution in [1.29, 1.82) is 0 Å². The normalized spacial score (nSPS) is 11.2. The summed E-state index contributed by atoms with van der Waals surface area (Å²) in [6, 6.07) is 11.0. The van der Waals surface area contributed by atoms with Crippen LogP contribution < -0.4 is 11.1 Å². The molecule has 166 valence electrons. The summed E-state index contributed by atoms with van der Waals surface area (Å²) >= 11 is 0. The third-order valence-corrected chi connectivity index (χ3v) is 4.86. The van der Waals surface area contributed by atoms with Crippen molar-refractivity contribution in [2.24, 2.45) is 0 Å². The van der Waals surface area contributed by atoms with Crippen LogP contribution in [-0.4, -0.2) is 26.5 Å². The number of pyridine rings is 2. The Morgan fingerprint density at radius 2 is 1.97 bits per heavy atom. The molecule has 0 aliphatic carbocycles. The van der Waals surface area contributed by atoms with E-state index in [-0.39, 0.29) is 11.4 Å². The number of hydrogen-bond donors (Lipinski definition) is 2. The summed E-state index contributed by atoms with van der Waals surface area (Å²) in [6.07, 6.45) is -0.799. The maximum Gasteiger partial charge on any atom is 0.393 e. The number of halogens is 3. The molecule has 0 saturated heterocycles. The first-order chi connectivity index (χ1) is 15.7. The van der Waals surface area contributed by atoms with Crippen LogP contribution in [0.3, 0.4) is 0 Å². The van der Waals surface area contributed by atoms with Gasteiger partial charge in [-0.1, -0.05) is 12.0 Å². The van der Waals surface area contributed by atoms with E-state index in [2.05, 4.69) is 27.1 Å². The fraction of sp³-hybridized carbons (Fsp3) is 0.125. The molecular formula is C24H18F3N5O. The number of amides is 1. The van der Waals surface area contributed by atoms with Crippen LogP contribution in [-0.2, 0) is 6.42 Å². The van der Waals surface area contributed by atoms with Gasteiger partial charge < -0.3 is 11.1 Å². The quantitative estimate of drug-likeness (QED) is 0.455. The lowest BCUT2D eigenvalue weighted by Gasteiger charge is -2.09. The molecule has 0 radical (unpaired) electrons. The average molecular weight is 449 g/mol. The van der Waals surface area contributed by atoms with E-state index in [0.29, 0.717) is 28.2 Å². The Morgan fingerprint density at radius 3 is 2.76 bits per heavy atom. The molecule has 1 amide bonds. The van der Waals surface area contributed by atoms with Crippen molar-refractivity contribution < 1.29 is 18.0 Å². The second kappa shape index (κ2) is 8.67. The van der Waals surface area contributed by atoms with Gasteiger partial charge in [-0.2, -0.15) is 13.2 Å². The summed E-state index contributed by atoms with van der Waals surface area (Å²) in [5.41, 5.74) is 9.49. The van der Waals surface area contributed by atoms with Crippen molar-refractivity contribution in [2.45, 2.75) is 19.5 Å². The van der Waals surface area contributed by atoms with Gasteiger partial charge in [0.05, 0.1) is 18.3 Å². The van der Waals surface area contributed by atoms with Crippen LogP contribution in [0.1, 0.15) is 32.7 Å². The predicted molar refractivity (Wildman–Crippen MR) is 119 cm³/mol. The highest BCUT2D eigenvalue weighted by atomic mass is 19.4. The number of aromatic nitrogens is 3. The number of carbonyl (C=O) groups is 1. The molecule has 0 spiro atoms. The summed E-state index contributed by atoms with van der Waals surface area (Å²) in [4.78, 5) is 20.9. The number of carbonyl (C=O) groups excluding carboxylic acids is 1. The number of anilines is 2. The summed E-state index contributed by atoms with van der Waals surface area (Å²) in [7, 11) is 0. The van der Waals surface area contributed by atoms with Crippen molar-refractivity contribution in [2.75, 3.05) is 11.1 Å². The number of imidazole rings is 1. The lowest BCUT2D eigenvalue weighted by Crippen LogP contribution is -2.15. The molecule has 0 unspecified atom stereocenters. The lowest BCUT2D eigenvalue weighted by molar-refractivity contribution is -0.127. The van der Waals surface area contributed by atoms with Crippen LogP contribution in [0, 0.1) is 18.8 Å². The van der Waals surface area contributed by atoms with E-state index in [4.69, 9.17) is 5.73 Å². The standard InChI is InChI=1S/C24H18F3N5O/c1-15-4-5-18(23(33)31-21-11-16(8-9-29-21)13-24(25,26)27)12-17(15)6-7-19-14-30-22-20(28)3-2-10-32(19)22/h2-5,8-12,14H,13,28H2,1H3,(H,29,31,33). The molecule has 3 aromatic heterocycles. The van der Waals surface area contributed by atoms with Gasteiger partial charge in [0.25, 0.3) is 5.91 Å². The van der Waals surface area contributed by atoms with Crippen molar-refractivity contribution in [1.82, 2.24) is 14.4 Å². The molecule has 0 bridgehead atoms. The molecule has 4 aromatic rings. The fourth-order valence-electron chi connectivity index (χ4n) is 3.23. The summed E-state index contributed by atoms with van der Waals surface area (Å²) < 4.78 is 39.7. The van der Waals surface area contributed by atoms with Crippen molar-refractivity contribution in [3.63, 3.8) is 0 Å². The number of nitrogens with zero attached hydrogens (tertiary/aromatic N) is 3. The van der Waals surface area contributed by atoms with E-state index in [1.54, 1.807) is 47.1 Å². The van der Waals surface area contributed by atoms with Crippen LogP contribution in [0.2, 0.25) is 0 Å². The lowest BCUT2D eigenvalue weighted by atomic mass is 10.0. The maximum absolute atomic E-state index is 12.7. The zero-order valence-corrected chi connectivity index (χ0v) is 17.4. The molecule has 0 aliphatic rings. The van der Waals surface area contributed by atoms with Crippen molar-refractivity contribution >= 4 is 23.1 Å². The van der Waals surface area contributed by atoms with Gasteiger partial charge >= 0.3 is 6.18 Å². The molecule has 3 heterocycles. The highest BCUT2D eigenvalue weighted by Gasteiger charge is 2.27. The first-order valence-electron chi connectivity index (χ1n) is 9.87. The van der Waals surface area contributed by atoms with E-state index in [1.165, 1.54) is 18.3 Å². The van der Waals surface area contributed by atoms with Gasteiger partial charge in [-0.3, -0.25) is 9.20 Å². The maximum atomic E-state index is 12.7. The molecule has 0 atom stereocenters. The number of nitrogens with one attached hydrogen (secondary N) is 1. The Morgan fingerprint density at radius 1 is 1.15 bits per heavy atom. The van der Waals surface area contributed by atoms with Crippen LogP contribution in [0.5, 0.6) is 0 Å². The zero-order valence-electron chi connectivity index (χ0n) is 17.4. The van der Waals surface area contributed by atoms with E-state index >= 15 is 0 Å². The second-order valence-electron chi connectivity index (χ2n) is 7.38. The van der Waals surface area contributed by atoms with E-state index in [9.17, 15) is 18.0 Å². The molecule has 0 aliphatic heterocycles. The van der Waals surface area contributed by atoms with Gasteiger partial charge in [0.15, 0.2) is 5.65 Å². The third-order valence-electron chi connectivity index (χ3n) is 4.86. The van der Waals surface area contributed by atoms with E-state index in [0.717, 1.165) is 5.56 Å². The van der Waals surface area contributed by atoms with Gasteiger partial charge in [0.2, 0.25) is 0 Å². The number of rotatable bonds is 3. The third kappa shape index (κ3) is 5.13. The Labute approximate surface area is 187 Å². The molecule has 4 rings (SSSR count). The van der Waals surface area contributed by atoms with E-state index < -0.39 is 18.5 Å². The highest BCUT2D eigenvalue weighted by molar-refractivity contribution is 6.04.